The van der Waals surface area contributed by atoms with Gasteiger partial charge in [0, 0.05) is 42.2 Å². The summed E-state index contributed by atoms with van der Waals surface area (Å²) in [7, 11) is 0. The monoisotopic (exact) mass is 466 g/mol. The molecule has 1 fully saturated rings. The summed E-state index contributed by atoms with van der Waals surface area (Å²) in [5, 5.41) is 12.0. The van der Waals surface area contributed by atoms with E-state index in [4.69, 9.17) is 13.9 Å². The molecule has 2 aromatic carbocycles. The first kappa shape index (κ1) is 23.4. The summed E-state index contributed by atoms with van der Waals surface area (Å²) < 4.78 is 16.3. The molecule has 0 saturated carbocycles. The van der Waals surface area contributed by atoms with Crippen LogP contribution < -0.4 is 10.5 Å². The lowest BCUT2D eigenvalue weighted by atomic mass is 9.95. The molecule has 9 nitrogen and oxygen atoms in total. The fraction of sp³-hybridized carbons (Fsp3) is 0.360. The highest BCUT2D eigenvalue weighted by Gasteiger charge is 2.23. The lowest BCUT2D eigenvalue weighted by Crippen LogP contribution is -2.37. The number of carbonyl (C=O) groups is 1. The highest BCUT2D eigenvalue weighted by atomic mass is 16.6. The van der Waals surface area contributed by atoms with E-state index in [2.05, 4.69) is 13.8 Å². The summed E-state index contributed by atoms with van der Waals surface area (Å²) in [4.78, 5) is 37.9. The van der Waals surface area contributed by atoms with E-state index >= 15 is 0 Å². The second-order valence-corrected chi connectivity index (χ2v) is 8.58. The molecule has 34 heavy (non-hydrogen) atoms. The fourth-order valence-electron chi connectivity index (χ4n) is 4.23. The molecular weight excluding hydrogens is 440 g/mol. The summed E-state index contributed by atoms with van der Waals surface area (Å²) in [6, 6.07) is 9.23. The van der Waals surface area contributed by atoms with Crippen molar-refractivity contribution < 1.29 is 23.6 Å². The van der Waals surface area contributed by atoms with E-state index in [1.165, 1.54) is 18.2 Å². The van der Waals surface area contributed by atoms with Gasteiger partial charge in [-0.15, -0.1) is 0 Å². The molecule has 0 aliphatic carbocycles. The molecule has 0 amide bonds. The van der Waals surface area contributed by atoms with Gasteiger partial charge in [0.25, 0.3) is 5.69 Å². The van der Waals surface area contributed by atoms with Gasteiger partial charge in [0.15, 0.2) is 0 Å². The summed E-state index contributed by atoms with van der Waals surface area (Å²) in [5.41, 5.74) is 2.95. The Hall–Kier alpha value is -3.72. The van der Waals surface area contributed by atoms with Crippen LogP contribution in [0.4, 0.5) is 11.4 Å². The Morgan fingerprint density at radius 1 is 1.18 bits per heavy atom. The van der Waals surface area contributed by atoms with Crippen LogP contribution in [0.1, 0.15) is 46.8 Å². The molecule has 3 aromatic rings. The quantitative estimate of drug-likeness (QED) is 0.228. The molecule has 0 spiro atoms. The first-order chi connectivity index (χ1) is 16.2. The van der Waals surface area contributed by atoms with Crippen LogP contribution in [-0.4, -0.2) is 37.2 Å². The van der Waals surface area contributed by atoms with Crippen molar-refractivity contribution in [3.8, 4) is 0 Å². The van der Waals surface area contributed by atoms with Gasteiger partial charge in [-0.3, -0.25) is 10.1 Å². The highest BCUT2D eigenvalue weighted by molar-refractivity contribution is 5.97. The van der Waals surface area contributed by atoms with Crippen LogP contribution >= 0.6 is 0 Å². The van der Waals surface area contributed by atoms with E-state index in [-0.39, 0.29) is 23.8 Å². The lowest BCUT2D eigenvalue weighted by Gasteiger charge is -2.30. The number of non-ortho nitro benzene ring substituents is 1. The normalized spacial score (nSPS) is 13.9. The van der Waals surface area contributed by atoms with Crippen LogP contribution in [0, 0.1) is 17.0 Å². The maximum atomic E-state index is 13.1. The van der Waals surface area contributed by atoms with Gasteiger partial charge in [-0.25, -0.2) is 9.59 Å². The molecule has 4 rings (SSSR count). The van der Waals surface area contributed by atoms with E-state index in [1.54, 1.807) is 6.07 Å². The van der Waals surface area contributed by atoms with Gasteiger partial charge in [0.1, 0.15) is 12.2 Å². The molecule has 0 bridgehead atoms. The van der Waals surface area contributed by atoms with E-state index < -0.39 is 16.5 Å². The van der Waals surface area contributed by atoms with Gasteiger partial charge in [-0.2, -0.15) is 0 Å². The minimum absolute atomic E-state index is 0.0992. The average Bonchev–Trinajstić information content (AvgIpc) is 2.81. The van der Waals surface area contributed by atoms with Crippen molar-refractivity contribution in [2.24, 2.45) is 0 Å². The highest BCUT2D eigenvalue weighted by Crippen LogP contribution is 2.29. The lowest BCUT2D eigenvalue weighted by molar-refractivity contribution is -0.384. The van der Waals surface area contributed by atoms with Crippen LogP contribution in [0.5, 0.6) is 0 Å². The molecule has 1 aromatic heterocycles. The van der Waals surface area contributed by atoms with Crippen molar-refractivity contribution in [2.75, 3.05) is 31.2 Å². The molecule has 2 heterocycles. The number of nitro groups is 1. The zero-order valence-corrected chi connectivity index (χ0v) is 19.3. The number of carbonyl (C=O) groups excluding carboxylic acids is 1. The van der Waals surface area contributed by atoms with Gasteiger partial charge < -0.3 is 18.8 Å². The molecule has 0 N–H and O–H groups in total. The third kappa shape index (κ3) is 4.79. The third-order valence-electron chi connectivity index (χ3n) is 5.96. The molecule has 1 saturated heterocycles. The molecule has 0 radical (unpaired) electrons. The van der Waals surface area contributed by atoms with Crippen LogP contribution in [0.25, 0.3) is 11.0 Å². The van der Waals surface area contributed by atoms with Crippen molar-refractivity contribution in [1.82, 2.24) is 0 Å². The molecule has 0 atom stereocenters. The van der Waals surface area contributed by atoms with E-state index in [0.29, 0.717) is 48.5 Å². The number of hydrogen-bond acceptors (Lipinski definition) is 8. The van der Waals surface area contributed by atoms with E-state index in [0.717, 1.165) is 11.1 Å². The number of hydrogen-bond donors (Lipinski definition) is 0. The molecular formula is C25H26N2O7. The first-order valence-electron chi connectivity index (χ1n) is 11.1. The Balaban J connectivity index is 1.67. The zero-order chi connectivity index (χ0) is 24.4. The molecule has 9 heteroatoms. The molecule has 0 unspecified atom stereocenters. The van der Waals surface area contributed by atoms with Crippen molar-refractivity contribution >= 4 is 28.3 Å². The average molecular weight is 466 g/mol. The Morgan fingerprint density at radius 2 is 1.91 bits per heavy atom. The Labute approximate surface area is 196 Å². The SMILES string of the molecule is Cc1cc2oc(=O)cc(COC(=O)c3cc([N+](=O)[O-])ccc3N3CCOCC3)c2cc1C(C)C. The predicted octanol–water partition coefficient (Wildman–Crippen LogP) is 4.33. The van der Waals surface area contributed by atoms with Gasteiger partial charge in [-0.1, -0.05) is 13.8 Å². The fourth-order valence-corrected chi connectivity index (χ4v) is 4.23. The Kier molecular flexibility index (Phi) is 6.65. The first-order valence-corrected chi connectivity index (χ1v) is 11.1. The number of ether oxygens (including phenoxy) is 2. The smallest absolute Gasteiger partial charge is 0.340 e. The van der Waals surface area contributed by atoms with Gasteiger partial charge in [0.05, 0.1) is 29.4 Å². The summed E-state index contributed by atoms with van der Waals surface area (Å²) in [6.45, 7) is 8.03. The zero-order valence-electron chi connectivity index (χ0n) is 19.3. The van der Waals surface area contributed by atoms with Crippen molar-refractivity contribution in [3.05, 3.63) is 79.2 Å². The van der Waals surface area contributed by atoms with Crippen LogP contribution in [0.3, 0.4) is 0 Å². The van der Waals surface area contributed by atoms with E-state index in [9.17, 15) is 19.7 Å². The maximum absolute atomic E-state index is 13.1. The summed E-state index contributed by atoms with van der Waals surface area (Å²) in [6.07, 6.45) is 0. The van der Waals surface area contributed by atoms with Gasteiger partial charge in [0.2, 0.25) is 0 Å². The topological polar surface area (TPSA) is 112 Å². The maximum Gasteiger partial charge on any atom is 0.340 e. The largest absolute Gasteiger partial charge is 0.457 e. The van der Waals surface area contributed by atoms with Crippen molar-refractivity contribution in [2.45, 2.75) is 33.3 Å². The number of esters is 1. The van der Waals surface area contributed by atoms with Crippen LogP contribution in [0.2, 0.25) is 0 Å². The number of nitro benzene ring substituents is 1. The number of aryl methyl sites for hydroxylation is 1. The minimum atomic E-state index is -0.706. The molecule has 1 aliphatic rings. The van der Waals surface area contributed by atoms with Crippen LogP contribution in [0.15, 0.2) is 45.6 Å². The number of morpholine rings is 1. The summed E-state index contributed by atoms with van der Waals surface area (Å²) >= 11 is 0. The molecule has 178 valence electrons. The summed E-state index contributed by atoms with van der Waals surface area (Å²) in [5.74, 6) is -0.449. The van der Waals surface area contributed by atoms with Crippen molar-refractivity contribution in [3.63, 3.8) is 0 Å². The predicted molar refractivity (Wildman–Crippen MR) is 127 cm³/mol. The van der Waals surface area contributed by atoms with Gasteiger partial charge >= 0.3 is 11.6 Å². The molecule has 1 aliphatic heterocycles. The number of anilines is 1. The van der Waals surface area contributed by atoms with Gasteiger partial charge in [-0.05, 0) is 42.2 Å². The number of fused-ring (bicyclic) bond motifs is 1. The number of nitrogens with zero attached hydrogens (tertiary/aromatic N) is 2. The second-order valence-electron chi connectivity index (χ2n) is 8.58. The second kappa shape index (κ2) is 9.64. The Bertz CT molecular complexity index is 1310. The standard InChI is InChI=1S/C25H26N2O7/c1-15(2)19-13-20-17(11-24(28)34-23(20)10-16(19)3)14-33-25(29)21-12-18(27(30)31)4-5-22(21)26-6-8-32-9-7-26/h4-5,10-13,15H,6-9,14H2,1-3H3. The Morgan fingerprint density at radius 3 is 2.59 bits per heavy atom. The minimum Gasteiger partial charge on any atom is -0.457 e. The number of rotatable bonds is 6. The third-order valence-corrected chi connectivity index (χ3v) is 5.96. The van der Waals surface area contributed by atoms with Crippen LogP contribution in [-0.2, 0) is 16.1 Å². The number of benzene rings is 2. The van der Waals surface area contributed by atoms with Crippen molar-refractivity contribution in [1.29, 1.82) is 0 Å². The van der Waals surface area contributed by atoms with E-state index in [1.807, 2.05) is 24.0 Å².